The Hall–Kier alpha value is -5.23. The van der Waals surface area contributed by atoms with Crippen molar-refractivity contribution in [2.75, 3.05) is 48.6 Å². The number of nitrogens with zero attached hydrogens (tertiary/aromatic N) is 3. The van der Waals surface area contributed by atoms with Gasteiger partial charge in [-0.05, 0) is 47.5 Å². The number of carbonyl (C=O) groups excluding carboxylic acids is 1. The van der Waals surface area contributed by atoms with Crippen LogP contribution in [-0.2, 0) is 23.4 Å². The van der Waals surface area contributed by atoms with Gasteiger partial charge in [0.25, 0.3) is 0 Å². The molecule has 6 nitrogen and oxygen atoms in total. The lowest BCUT2D eigenvalue weighted by Gasteiger charge is -2.33. The summed E-state index contributed by atoms with van der Waals surface area (Å²) < 4.78 is 6.43. The van der Waals surface area contributed by atoms with Crippen molar-refractivity contribution in [3.63, 3.8) is 0 Å². The maximum atomic E-state index is 13.6. The summed E-state index contributed by atoms with van der Waals surface area (Å²) in [5, 5.41) is 0. The van der Waals surface area contributed by atoms with Gasteiger partial charge in [-0.2, -0.15) is 0 Å². The minimum absolute atomic E-state index is 0.362. The molecule has 44 heavy (non-hydrogen) atoms. The molecule has 0 fully saturated rings. The Morgan fingerprint density at radius 3 is 1.64 bits per heavy atom. The molecule has 1 aliphatic heterocycles. The predicted octanol–water partition coefficient (Wildman–Crippen LogP) is 7.07. The molecule has 0 saturated carbocycles. The smallest absolute Gasteiger partial charge is 0.340 e. The number of rotatable bonds is 9. The maximum Gasteiger partial charge on any atom is 0.340 e. The summed E-state index contributed by atoms with van der Waals surface area (Å²) in [5.41, 5.74) is 14.5. The maximum absolute atomic E-state index is 13.6. The minimum Gasteiger partial charge on any atom is -0.440 e. The third-order valence-electron chi connectivity index (χ3n) is 8.37. The van der Waals surface area contributed by atoms with Crippen molar-refractivity contribution in [1.82, 2.24) is 0 Å². The molecular weight excluding hydrogens is 544 g/mol. The van der Waals surface area contributed by atoms with Crippen LogP contribution in [0.4, 0.5) is 22.7 Å². The zero-order valence-corrected chi connectivity index (χ0v) is 25.7. The van der Waals surface area contributed by atoms with Crippen LogP contribution in [0.3, 0.4) is 0 Å². The van der Waals surface area contributed by atoms with E-state index in [0.29, 0.717) is 11.3 Å². The third-order valence-corrected chi connectivity index (χ3v) is 8.37. The van der Waals surface area contributed by atoms with Gasteiger partial charge >= 0.3 is 5.97 Å². The van der Waals surface area contributed by atoms with Gasteiger partial charge in [0.05, 0.1) is 5.56 Å². The molecule has 0 aliphatic carbocycles. The van der Waals surface area contributed by atoms with Gasteiger partial charge in [0.15, 0.2) is 5.60 Å². The molecule has 1 heterocycles. The number of cyclic esters (lactones) is 1. The van der Waals surface area contributed by atoms with Crippen LogP contribution in [0.15, 0.2) is 121 Å². The van der Waals surface area contributed by atoms with Gasteiger partial charge in [0.1, 0.15) is 0 Å². The lowest BCUT2D eigenvalue weighted by Crippen LogP contribution is -2.31. The SMILES string of the molecule is CN(C)c1ccc(C2(c3ccc(N(Cc4ccccc4)Cc4ccccc4)cc3)OC(=O)c3cc(N(C)C)ccc32)c(N)c1. The fraction of sp³-hybridized carbons (Fsp3) is 0.184. The first-order chi connectivity index (χ1) is 21.3. The fourth-order valence-corrected chi connectivity index (χ4v) is 6.01. The van der Waals surface area contributed by atoms with E-state index in [2.05, 4.69) is 77.7 Å². The zero-order valence-electron chi connectivity index (χ0n) is 25.7. The highest BCUT2D eigenvalue weighted by molar-refractivity contribution is 5.98. The van der Waals surface area contributed by atoms with E-state index in [1.54, 1.807) is 0 Å². The highest BCUT2D eigenvalue weighted by atomic mass is 16.6. The van der Waals surface area contributed by atoms with Crippen molar-refractivity contribution in [1.29, 1.82) is 0 Å². The standard InChI is InChI=1S/C38H38N4O2/c1-40(2)31-19-21-34-33(23-31)37(43)44-38(34,35-22-20-32(41(3)4)24-36(35)39)29-15-17-30(18-16-29)42(25-27-11-7-5-8-12-27)26-28-13-9-6-10-14-28/h5-24H,25-26,39H2,1-4H3. The van der Waals surface area contributed by atoms with Crippen molar-refractivity contribution in [2.24, 2.45) is 0 Å². The van der Waals surface area contributed by atoms with E-state index >= 15 is 0 Å². The van der Waals surface area contributed by atoms with Crippen LogP contribution in [0.2, 0.25) is 0 Å². The van der Waals surface area contributed by atoms with Crippen LogP contribution in [0.5, 0.6) is 0 Å². The Morgan fingerprint density at radius 1 is 0.614 bits per heavy atom. The number of anilines is 4. The Labute approximate surface area is 259 Å². The Kier molecular flexibility index (Phi) is 7.75. The number of ether oxygens (including phenoxy) is 1. The Bertz CT molecular complexity index is 1730. The van der Waals surface area contributed by atoms with Crippen LogP contribution < -0.4 is 20.4 Å². The van der Waals surface area contributed by atoms with Gasteiger partial charge in [-0.25, -0.2) is 4.79 Å². The molecule has 2 N–H and O–H groups in total. The van der Waals surface area contributed by atoms with Crippen LogP contribution in [0.1, 0.15) is 38.2 Å². The summed E-state index contributed by atoms with van der Waals surface area (Å²) in [4.78, 5) is 19.9. The van der Waals surface area contributed by atoms with E-state index in [9.17, 15) is 4.79 Å². The Morgan fingerprint density at radius 2 is 1.11 bits per heavy atom. The van der Waals surface area contributed by atoms with Crippen LogP contribution in [0.25, 0.3) is 0 Å². The second-order valence-electron chi connectivity index (χ2n) is 11.7. The molecule has 0 bridgehead atoms. The molecule has 1 atom stereocenters. The summed E-state index contributed by atoms with van der Waals surface area (Å²) in [6, 6.07) is 41.2. The average molecular weight is 583 g/mol. The molecule has 6 heteroatoms. The van der Waals surface area contributed by atoms with Gasteiger partial charge < -0.3 is 25.2 Å². The topological polar surface area (TPSA) is 62.0 Å². The van der Waals surface area contributed by atoms with E-state index in [1.165, 1.54) is 11.1 Å². The van der Waals surface area contributed by atoms with Crippen LogP contribution in [0, 0.1) is 0 Å². The lowest BCUT2D eigenvalue weighted by atomic mass is 9.79. The van der Waals surface area contributed by atoms with Crippen LogP contribution >= 0.6 is 0 Å². The number of benzene rings is 5. The minimum atomic E-state index is -1.19. The predicted molar refractivity (Wildman–Crippen MR) is 180 cm³/mol. The first kappa shape index (κ1) is 28.9. The summed E-state index contributed by atoms with van der Waals surface area (Å²) in [6.45, 7) is 1.51. The fourth-order valence-electron chi connectivity index (χ4n) is 6.01. The lowest BCUT2D eigenvalue weighted by molar-refractivity contribution is 0.0254. The molecule has 1 unspecified atom stereocenters. The van der Waals surface area contributed by atoms with Crippen molar-refractivity contribution in [3.05, 3.63) is 155 Å². The first-order valence-electron chi connectivity index (χ1n) is 14.8. The number of esters is 1. The van der Waals surface area contributed by atoms with Crippen molar-refractivity contribution < 1.29 is 9.53 Å². The van der Waals surface area contributed by atoms with Gasteiger partial charge in [-0.3, -0.25) is 0 Å². The largest absolute Gasteiger partial charge is 0.440 e. The molecule has 5 aromatic rings. The molecule has 0 spiro atoms. The number of hydrogen-bond donors (Lipinski definition) is 1. The monoisotopic (exact) mass is 582 g/mol. The second kappa shape index (κ2) is 11.8. The number of carbonyl (C=O) groups is 1. The van der Waals surface area contributed by atoms with Gasteiger partial charge in [-0.15, -0.1) is 0 Å². The van der Waals surface area contributed by atoms with Crippen molar-refractivity contribution in [2.45, 2.75) is 18.7 Å². The highest BCUT2D eigenvalue weighted by Gasteiger charge is 2.49. The van der Waals surface area contributed by atoms with E-state index < -0.39 is 5.60 Å². The number of nitrogen functional groups attached to an aromatic ring is 1. The number of hydrogen-bond acceptors (Lipinski definition) is 6. The van der Waals surface area contributed by atoms with Gasteiger partial charge in [0, 0.05) is 80.7 Å². The first-order valence-corrected chi connectivity index (χ1v) is 14.8. The molecule has 0 saturated heterocycles. The summed E-state index contributed by atoms with van der Waals surface area (Å²) in [5.74, 6) is -0.362. The Balaban J connectivity index is 1.47. The molecule has 5 aromatic carbocycles. The summed E-state index contributed by atoms with van der Waals surface area (Å²) >= 11 is 0. The van der Waals surface area contributed by atoms with Crippen molar-refractivity contribution in [3.8, 4) is 0 Å². The summed E-state index contributed by atoms with van der Waals surface area (Å²) in [6.07, 6.45) is 0. The molecule has 1 aliphatic rings. The number of nitrogens with two attached hydrogens (primary N) is 1. The van der Waals surface area contributed by atoms with Gasteiger partial charge in [-0.1, -0.05) is 84.9 Å². The van der Waals surface area contributed by atoms with Crippen LogP contribution in [-0.4, -0.2) is 34.2 Å². The average Bonchev–Trinajstić information content (AvgIpc) is 3.33. The molecule has 222 valence electrons. The third kappa shape index (κ3) is 5.35. The quantitative estimate of drug-likeness (QED) is 0.148. The molecular formula is C38H38N4O2. The molecule has 6 rings (SSSR count). The van der Waals surface area contributed by atoms with E-state index in [0.717, 1.165) is 46.8 Å². The normalized spacial score (nSPS) is 15.4. The van der Waals surface area contributed by atoms with Gasteiger partial charge in [0.2, 0.25) is 0 Å². The van der Waals surface area contributed by atoms with E-state index in [1.807, 2.05) is 86.5 Å². The second-order valence-corrected chi connectivity index (χ2v) is 11.7. The molecule has 0 aromatic heterocycles. The molecule has 0 amide bonds. The molecule has 0 radical (unpaired) electrons. The summed E-state index contributed by atoms with van der Waals surface area (Å²) in [7, 11) is 7.88. The zero-order chi connectivity index (χ0) is 30.8. The highest BCUT2D eigenvalue weighted by Crippen LogP contribution is 2.50. The van der Waals surface area contributed by atoms with E-state index in [4.69, 9.17) is 10.5 Å². The van der Waals surface area contributed by atoms with E-state index in [-0.39, 0.29) is 5.97 Å². The number of fused-ring (bicyclic) bond motifs is 1. The van der Waals surface area contributed by atoms with Crippen molar-refractivity contribution >= 4 is 28.7 Å².